The first-order valence-electron chi connectivity index (χ1n) is 8.07. The summed E-state index contributed by atoms with van der Waals surface area (Å²) in [4.78, 5) is 25.8. The van der Waals surface area contributed by atoms with Gasteiger partial charge < -0.3 is 21.3 Å². The summed E-state index contributed by atoms with van der Waals surface area (Å²) >= 11 is 0. The van der Waals surface area contributed by atoms with Crippen molar-refractivity contribution in [2.24, 2.45) is 5.73 Å². The van der Waals surface area contributed by atoms with Crippen LogP contribution in [0.15, 0.2) is 24.3 Å². The molecule has 6 heteroatoms. The lowest BCUT2D eigenvalue weighted by Gasteiger charge is -2.33. The normalized spacial score (nSPS) is 19.2. The summed E-state index contributed by atoms with van der Waals surface area (Å²) in [7, 11) is 1.92. The van der Waals surface area contributed by atoms with E-state index in [-0.39, 0.29) is 12.3 Å². The van der Waals surface area contributed by atoms with Gasteiger partial charge >= 0.3 is 6.03 Å². The molecule has 6 nitrogen and oxygen atoms in total. The van der Waals surface area contributed by atoms with Crippen molar-refractivity contribution in [2.75, 3.05) is 20.1 Å². The number of nitrogens with zero attached hydrogens (tertiary/aromatic N) is 1. The van der Waals surface area contributed by atoms with Crippen molar-refractivity contribution in [3.8, 4) is 0 Å². The molecule has 126 valence electrons. The smallest absolute Gasteiger partial charge is 0.312 e. The van der Waals surface area contributed by atoms with Crippen LogP contribution in [0.1, 0.15) is 36.4 Å². The number of nitrogens with two attached hydrogens (primary N) is 1. The average Bonchev–Trinajstić information content (AvgIpc) is 2.53. The Morgan fingerprint density at radius 3 is 2.87 bits per heavy atom. The van der Waals surface area contributed by atoms with Crippen LogP contribution in [0.3, 0.4) is 0 Å². The molecule has 23 heavy (non-hydrogen) atoms. The zero-order valence-electron chi connectivity index (χ0n) is 13.8. The lowest BCUT2D eigenvalue weighted by atomic mass is 9.99. The largest absolute Gasteiger partial charge is 0.352 e. The molecule has 1 aromatic rings. The Morgan fingerprint density at radius 1 is 1.43 bits per heavy atom. The van der Waals surface area contributed by atoms with Gasteiger partial charge in [-0.1, -0.05) is 29.8 Å². The Morgan fingerprint density at radius 2 is 2.22 bits per heavy atom. The fourth-order valence-corrected chi connectivity index (χ4v) is 3.05. The second-order valence-corrected chi connectivity index (χ2v) is 6.15. The second kappa shape index (κ2) is 7.97. The van der Waals surface area contributed by atoms with Gasteiger partial charge in [-0.2, -0.15) is 0 Å². The SMILES string of the molecule is CNC1CCCN(C(=O)CC(NC(N)=O)c2cccc(C)c2)C1. The maximum absolute atomic E-state index is 12.6. The molecule has 1 aromatic carbocycles. The van der Waals surface area contributed by atoms with Crippen LogP contribution in [0.2, 0.25) is 0 Å². The minimum Gasteiger partial charge on any atom is -0.352 e. The Balaban J connectivity index is 2.08. The van der Waals surface area contributed by atoms with Crippen LogP contribution in [0, 0.1) is 6.92 Å². The molecule has 1 fully saturated rings. The number of hydrogen-bond acceptors (Lipinski definition) is 3. The standard InChI is InChI=1S/C17H26N4O2/c1-12-5-3-6-13(9-12)15(20-17(18)23)10-16(22)21-8-4-7-14(11-21)19-2/h3,5-6,9,14-15,19H,4,7-8,10-11H2,1-2H3,(H3,18,20,23). The minimum absolute atomic E-state index is 0.0465. The van der Waals surface area contributed by atoms with Gasteiger partial charge in [0, 0.05) is 19.1 Å². The summed E-state index contributed by atoms with van der Waals surface area (Å²) < 4.78 is 0. The molecule has 0 spiro atoms. The molecular formula is C17H26N4O2. The van der Waals surface area contributed by atoms with Crippen molar-refractivity contribution in [2.45, 2.75) is 38.3 Å². The predicted octanol–water partition coefficient (Wildman–Crippen LogP) is 1.30. The van der Waals surface area contributed by atoms with Crippen molar-refractivity contribution < 1.29 is 9.59 Å². The van der Waals surface area contributed by atoms with Gasteiger partial charge in [0.1, 0.15) is 0 Å². The van der Waals surface area contributed by atoms with E-state index in [2.05, 4.69) is 10.6 Å². The van der Waals surface area contributed by atoms with E-state index in [1.165, 1.54) is 0 Å². The number of carbonyl (C=O) groups excluding carboxylic acids is 2. The molecule has 2 atom stereocenters. The number of primary amides is 1. The lowest BCUT2D eigenvalue weighted by molar-refractivity contribution is -0.133. The van der Waals surface area contributed by atoms with Crippen LogP contribution < -0.4 is 16.4 Å². The molecule has 0 bridgehead atoms. The number of benzene rings is 1. The third kappa shape index (κ3) is 4.96. The first kappa shape index (κ1) is 17.3. The van der Waals surface area contributed by atoms with Gasteiger partial charge in [0.25, 0.3) is 0 Å². The molecule has 0 radical (unpaired) electrons. The van der Waals surface area contributed by atoms with Gasteiger partial charge in [0.15, 0.2) is 0 Å². The molecule has 0 saturated carbocycles. The molecular weight excluding hydrogens is 292 g/mol. The van der Waals surface area contributed by atoms with E-state index in [1.54, 1.807) is 0 Å². The van der Waals surface area contributed by atoms with Gasteiger partial charge in [-0.25, -0.2) is 4.79 Å². The van der Waals surface area contributed by atoms with Crippen LogP contribution in [-0.4, -0.2) is 43.0 Å². The zero-order chi connectivity index (χ0) is 16.8. The number of likely N-dealkylation sites (tertiary alicyclic amines) is 1. The number of urea groups is 1. The summed E-state index contributed by atoms with van der Waals surface area (Å²) in [5, 5.41) is 5.92. The first-order valence-corrected chi connectivity index (χ1v) is 8.07. The predicted molar refractivity (Wildman–Crippen MR) is 89.9 cm³/mol. The summed E-state index contributed by atoms with van der Waals surface area (Å²) in [6.07, 6.45) is 2.31. The van der Waals surface area contributed by atoms with E-state index in [0.717, 1.165) is 30.5 Å². The number of nitrogens with one attached hydrogen (secondary N) is 2. The average molecular weight is 318 g/mol. The number of amides is 3. The molecule has 1 heterocycles. The van der Waals surface area contributed by atoms with Crippen LogP contribution in [0.4, 0.5) is 4.79 Å². The Bertz CT molecular complexity index is 561. The van der Waals surface area contributed by atoms with Crippen LogP contribution in [0.25, 0.3) is 0 Å². The third-order valence-electron chi connectivity index (χ3n) is 4.32. The maximum atomic E-state index is 12.6. The van der Waals surface area contributed by atoms with Gasteiger partial charge in [-0.15, -0.1) is 0 Å². The molecule has 1 aliphatic rings. The van der Waals surface area contributed by atoms with Gasteiger partial charge in [0.05, 0.1) is 12.5 Å². The number of carbonyl (C=O) groups is 2. The highest BCUT2D eigenvalue weighted by Crippen LogP contribution is 2.20. The van der Waals surface area contributed by atoms with Crippen molar-refractivity contribution >= 4 is 11.9 Å². The second-order valence-electron chi connectivity index (χ2n) is 6.15. The van der Waals surface area contributed by atoms with E-state index in [0.29, 0.717) is 12.6 Å². The summed E-state index contributed by atoms with van der Waals surface area (Å²) in [5.74, 6) is 0.0465. The Kier molecular flexibility index (Phi) is 5.98. The molecule has 4 N–H and O–H groups in total. The topological polar surface area (TPSA) is 87.5 Å². The monoisotopic (exact) mass is 318 g/mol. The summed E-state index contributed by atoms with van der Waals surface area (Å²) in [6.45, 7) is 3.47. The van der Waals surface area contributed by atoms with Crippen molar-refractivity contribution in [1.29, 1.82) is 0 Å². The highest BCUT2D eigenvalue weighted by Gasteiger charge is 2.25. The summed E-state index contributed by atoms with van der Waals surface area (Å²) in [5.41, 5.74) is 7.27. The molecule has 0 aromatic heterocycles. The number of hydrogen-bond donors (Lipinski definition) is 3. The molecule has 2 rings (SSSR count). The highest BCUT2D eigenvalue weighted by atomic mass is 16.2. The lowest BCUT2D eigenvalue weighted by Crippen LogP contribution is -2.48. The Labute approximate surface area is 137 Å². The maximum Gasteiger partial charge on any atom is 0.312 e. The van der Waals surface area contributed by atoms with E-state index in [9.17, 15) is 9.59 Å². The van der Waals surface area contributed by atoms with E-state index in [1.807, 2.05) is 43.1 Å². The molecule has 2 unspecified atom stereocenters. The van der Waals surface area contributed by atoms with Gasteiger partial charge in [-0.05, 0) is 32.4 Å². The molecule has 0 aliphatic carbocycles. The molecule has 1 aliphatic heterocycles. The molecule has 3 amide bonds. The van der Waals surface area contributed by atoms with Crippen molar-refractivity contribution in [1.82, 2.24) is 15.5 Å². The van der Waals surface area contributed by atoms with Gasteiger partial charge in [0.2, 0.25) is 5.91 Å². The first-order chi connectivity index (χ1) is 11.0. The van der Waals surface area contributed by atoms with Crippen LogP contribution in [0.5, 0.6) is 0 Å². The zero-order valence-corrected chi connectivity index (χ0v) is 13.8. The summed E-state index contributed by atoms with van der Waals surface area (Å²) in [6, 6.07) is 7.12. The Hall–Kier alpha value is -2.08. The van der Waals surface area contributed by atoms with E-state index >= 15 is 0 Å². The van der Waals surface area contributed by atoms with Gasteiger partial charge in [-0.3, -0.25) is 4.79 Å². The fraction of sp³-hybridized carbons (Fsp3) is 0.529. The molecule has 1 saturated heterocycles. The van der Waals surface area contributed by atoms with Crippen molar-refractivity contribution in [3.63, 3.8) is 0 Å². The van der Waals surface area contributed by atoms with E-state index in [4.69, 9.17) is 5.73 Å². The van der Waals surface area contributed by atoms with Crippen molar-refractivity contribution in [3.05, 3.63) is 35.4 Å². The van der Waals surface area contributed by atoms with E-state index < -0.39 is 12.1 Å². The van der Waals surface area contributed by atoms with Crippen LogP contribution in [-0.2, 0) is 4.79 Å². The fourth-order valence-electron chi connectivity index (χ4n) is 3.05. The quantitative estimate of drug-likeness (QED) is 0.765. The number of rotatable bonds is 5. The number of likely N-dealkylation sites (N-methyl/N-ethyl adjacent to an activating group) is 1. The minimum atomic E-state index is -0.615. The number of piperidine rings is 1. The third-order valence-corrected chi connectivity index (χ3v) is 4.32. The van der Waals surface area contributed by atoms with Crippen LogP contribution >= 0.6 is 0 Å². The number of aryl methyl sites for hydroxylation is 1. The highest BCUT2D eigenvalue weighted by molar-refractivity contribution is 5.79.